The first-order valence-electron chi connectivity index (χ1n) is 9.85. The zero-order chi connectivity index (χ0) is 18.8. The third-order valence-corrected chi connectivity index (χ3v) is 5.89. The van der Waals surface area contributed by atoms with E-state index in [-0.39, 0.29) is 11.9 Å². The maximum atomic E-state index is 13.1. The molecule has 6 nitrogen and oxygen atoms in total. The van der Waals surface area contributed by atoms with Crippen LogP contribution in [-0.2, 0) is 17.8 Å². The smallest absolute Gasteiger partial charge is 0.239 e. The van der Waals surface area contributed by atoms with E-state index in [1.54, 1.807) is 7.11 Å². The predicted molar refractivity (Wildman–Crippen MR) is 105 cm³/mol. The van der Waals surface area contributed by atoms with Crippen LogP contribution in [0.25, 0.3) is 11.3 Å². The number of likely N-dealkylation sites (tertiary alicyclic amines) is 1. The minimum absolute atomic E-state index is 0.0465. The number of nitrogens with zero attached hydrogens (tertiary/aromatic N) is 4. The van der Waals surface area contributed by atoms with E-state index >= 15 is 0 Å². The van der Waals surface area contributed by atoms with Crippen molar-refractivity contribution >= 4 is 5.91 Å². The molecule has 0 spiro atoms. The summed E-state index contributed by atoms with van der Waals surface area (Å²) >= 11 is 0. The van der Waals surface area contributed by atoms with Gasteiger partial charge in [0.05, 0.1) is 25.0 Å². The summed E-state index contributed by atoms with van der Waals surface area (Å²) in [4.78, 5) is 22.0. The highest BCUT2D eigenvalue weighted by atomic mass is 16.5. The number of methoxy groups -OCH3 is 1. The van der Waals surface area contributed by atoms with E-state index in [9.17, 15) is 4.79 Å². The van der Waals surface area contributed by atoms with Crippen LogP contribution in [-0.4, -0.2) is 65.1 Å². The Kier molecular flexibility index (Phi) is 5.16. The molecular weight excluding hydrogens is 340 g/mol. The molecule has 0 N–H and O–H groups in total. The zero-order valence-electron chi connectivity index (χ0n) is 16.2. The highest BCUT2D eigenvalue weighted by molar-refractivity contribution is 5.82. The van der Waals surface area contributed by atoms with Crippen molar-refractivity contribution in [3.63, 3.8) is 0 Å². The number of hydrogen-bond donors (Lipinski definition) is 0. The van der Waals surface area contributed by atoms with Crippen molar-refractivity contribution in [1.82, 2.24) is 19.4 Å². The number of imidazole rings is 1. The van der Waals surface area contributed by atoms with Crippen LogP contribution in [0.3, 0.4) is 0 Å². The highest BCUT2D eigenvalue weighted by Gasteiger charge is 2.31. The molecule has 6 heteroatoms. The fourth-order valence-corrected chi connectivity index (χ4v) is 4.24. The fourth-order valence-electron chi connectivity index (χ4n) is 4.24. The summed E-state index contributed by atoms with van der Waals surface area (Å²) in [6, 6.07) is 8.12. The van der Waals surface area contributed by atoms with E-state index < -0.39 is 0 Å². The van der Waals surface area contributed by atoms with Crippen molar-refractivity contribution in [3.8, 4) is 17.0 Å². The molecule has 1 aromatic carbocycles. The molecule has 3 heterocycles. The lowest BCUT2D eigenvalue weighted by Gasteiger charge is -2.35. The SMILES string of the molecule is COc1ccc(-c2cnc3n2CCN(C(=O)[C@@H]2CCCCN2C)CC3)cc1. The third-order valence-electron chi connectivity index (χ3n) is 5.89. The Morgan fingerprint density at radius 3 is 2.67 bits per heavy atom. The van der Waals surface area contributed by atoms with Crippen LogP contribution >= 0.6 is 0 Å². The lowest BCUT2D eigenvalue weighted by Crippen LogP contribution is -2.50. The minimum atomic E-state index is 0.0465. The van der Waals surface area contributed by atoms with Crippen molar-refractivity contribution in [2.45, 2.75) is 38.3 Å². The van der Waals surface area contributed by atoms with Crippen LogP contribution in [0, 0.1) is 0 Å². The first kappa shape index (κ1) is 18.0. The zero-order valence-corrected chi connectivity index (χ0v) is 16.2. The van der Waals surface area contributed by atoms with Crippen LogP contribution < -0.4 is 4.74 Å². The molecule has 0 saturated carbocycles. The van der Waals surface area contributed by atoms with Crippen molar-refractivity contribution in [1.29, 1.82) is 0 Å². The fraction of sp³-hybridized carbons (Fsp3) is 0.524. The largest absolute Gasteiger partial charge is 0.497 e. The molecule has 1 saturated heterocycles. The second kappa shape index (κ2) is 7.72. The van der Waals surface area contributed by atoms with Gasteiger partial charge in [-0.15, -0.1) is 0 Å². The van der Waals surface area contributed by atoms with Gasteiger partial charge in [-0.2, -0.15) is 0 Å². The molecular formula is C21H28N4O2. The van der Waals surface area contributed by atoms with Gasteiger partial charge in [0.2, 0.25) is 5.91 Å². The lowest BCUT2D eigenvalue weighted by molar-refractivity contribution is -0.137. The summed E-state index contributed by atoms with van der Waals surface area (Å²) in [5.41, 5.74) is 2.23. The van der Waals surface area contributed by atoms with Gasteiger partial charge in [-0.1, -0.05) is 6.42 Å². The Balaban J connectivity index is 1.50. The van der Waals surface area contributed by atoms with Crippen LogP contribution in [0.5, 0.6) is 5.75 Å². The minimum Gasteiger partial charge on any atom is -0.497 e. The van der Waals surface area contributed by atoms with Gasteiger partial charge in [-0.25, -0.2) is 4.98 Å². The third kappa shape index (κ3) is 3.58. The normalized spacial score (nSPS) is 20.8. The Hall–Kier alpha value is -2.34. The Morgan fingerprint density at radius 2 is 1.93 bits per heavy atom. The van der Waals surface area contributed by atoms with Crippen LogP contribution in [0.4, 0.5) is 0 Å². The topological polar surface area (TPSA) is 50.6 Å². The number of ether oxygens (including phenoxy) is 1. The number of rotatable bonds is 3. The predicted octanol–water partition coefficient (Wildman–Crippen LogP) is 2.43. The van der Waals surface area contributed by atoms with E-state index in [2.05, 4.69) is 33.6 Å². The van der Waals surface area contributed by atoms with Gasteiger partial charge in [-0.05, 0) is 50.7 Å². The van der Waals surface area contributed by atoms with E-state index in [1.165, 1.54) is 6.42 Å². The van der Waals surface area contributed by atoms with Crippen LogP contribution in [0.15, 0.2) is 30.5 Å². The second-order valence-corrected chi connectivity index (χ2v) is 7.51. The number of likely N-dealkylation sites (N-methyl/N-ethyl adjacent to an activating group) is 1. The van der Waals surface area contributed by atoms with Crippen LogP contribution in [0.1, 0.15) is 25.1 Å². The van der Waals surface area contributed by atoms with Gasteiger partial charge in [-0.3, -0.25) is 9.69 Å². The molecule has 0 aliphatic carbocycles. The summed E-state index contributed by atoms with van der Waals surface area (Å²) in [6.45, 7) is 3.31. The molecule has 1 atom stereocenters. The van der Waals surface area contributed by atoms with Gasteiger partial charge in [0.15, 0.2) is 0 Å². The van der Waals surface area contributed by atoms with Crippen LogP contribution in [0.2, 0.25) is 0 Å². The summed E-state index contributed by atoms with van der Waals surface area (Å²) in [5.74, 6) is 2.20. The maximum Gasteiger partial charge on any atom is 0.239 e. The molecule has 1 aromatic heterocycles. The van der Waals surface area contributed by atoms with Crippen molar-refractivity contribution in [2.75, 3.05) is 33.8 Å². The number of amides is 1. The molecule has 2 aliphatic rings. The standard InChI is InChI=1S/C21H28N4O2/c1-23-11-4-3-5-18(23)21(26)24-12-10-20-22-15-19(25(20)14-13-24)16-6-8-17(27-2)9-7-16/h6-9,15,18H,3-5,10-14H2,1-2H3/t18-/m0/s1. The van der Waals surface area contributed by atoms with E-state index in [0.29, 0.717) is 0 Å². The number of carbonyl (C=O) groups excluding carboxylic acids is 1. The van der Waals surface area contributed by atoms with Crippen molar-refractivity contribution < 1.29 is 9.53 Å². The number of piperidine rings is 1. The van der Waals surface area contributed by atoms with Gasteiger partial charge in [0.25, 0.3) is 0 Å². The Labute approximate surface area is 160 Å². The Morgan fingerprint density at radius 1 is 1.11 bits per heavy atom. The van der Waals surface area contributed by atoms with E-state index in [0.717, 1.165) is 68.3 Å². The number of benzene rings is 1. The molecule has 1 fully saturated rings. The van der Waals surface area contributed by atoms with Crippen molar-refractivity contribution in [2.24, 2.45) is 0 Å². The molecule has 0 radical (unpaired) electrons. The number of hydrogen-bond acceptors (Lipinski definition) is 4. The summed E-state index contributed by atoms with van der Waals surface area (Å²) in [5, 5.41) is 0. The number of carbonyl (C=O) groups is 1. The number of aromatic nitrogens is 2. The molecule has 2 aliphatic heterocycles. The first-order chi connectivity index (χ1) is 13.2. The number of fused-ring (bicyclic) bond motifs is 1. The second-order valence-electron chi connectivity index (χ2n) is 7.51. The van der Waals surface area contributed by atoms with E-state index in [1.807, 2.05) is 23.2 Å². The molecule has 1 amide bonds. The van der Waals surface area contributed by atoms with Gasteiger partial charge in [0.1, 0.15) is 11.6 Å². The summed E-state index contributed by atoms with van der Waals surface area (Å²) in [6.07, 6.45) is 6.08. The molecule has 2 aromatic rings. The molecule has 0 unspecified atom stereocenters. The monoisotopic (exact) mass is 368 g/mol. The summed E-state index contributed by atoms with van der Waals surface area (Å²) in [7, 11) is 3.75. The lowest BCUT2D eigenvalue weighted by atomic mass is 10.0. The van der Waals surface area contributed by atoms with E-state index in [4.69, 9.17) is 4.74 Å². The van der Waals surface area contributed by atoms with Crippen molar-refractivity contribution in [3.05, 3.63) is 36.3 Å². The molecule has 4 rings (SSSR count). The quantitative estimate of drug-likeness (QED) is 0.835. The molecule has 27 heavy (non-hydrogen) atoms. The van der Waals surface area contributed by atoms with Gasteiger partial charge >= 0.3 is 0 Å². The van der Waals surface area contributed by atoms with Gasteiger partial charge < -0.3 is 14.2 Å². The van der Waals surface area contributed by atoms with Gasteiger partial charge in [0, 0.05) is 31.6 Å². The highest BCUT2D eigenvalue weighted by Crippen LogP contribution is 2.25. The maximum absolute atomic E-state index is 13.1. The summed E-state index contributed by atoms with van der Waals surface area (Å²) < 4.78 is 7.52. The first-order valence-corrected chi connectivity index (χ1v) is 9.85. The average molecular weight is 368 g/mol. The molecule has 144 valence electrons. The Bertz CT molecular complexity index is 799. The molecule has 0 bridgehead atoms. The average Bonchev–Trinajstić information content (AvgIpc) is 2.99.